The van der Waals surface area contributed by atoms with Gasteiger partial charge in [0.15, 0.2) is 0 Å². The van der Waals surface area contributed by atoms with E-state index in [9.17, 15) is 0 Å². The molecule has 2 aliphatic rings. The lowest BCUT2D eigenvalue weighted by atomic mass is 9.97. The maximum absolute atomic E-state index is 6.14. The SMILES string of the molecule is c1ccc(-c2ccc([C@H]3CN4CCCCC4CO3)cc2)cc1. The summed E-state index contributed by atoms with van der Waals surface area (Å²) in [7, 11) is 0. The zero-order valence-electron chi connectivity index (χ0n) is 12.9. The Morgan fingerprint density at radius 2 is 1.64 bits per heavy atom. The molecule has 2 atom stereocenters. The predicted octanol–water partition coefficient (Wildman–Crippen LogP) is 4.28. The number of piperidine rings is 1. The second kappa shape index (κ2) is 6.23. The van der Waals surface area contributed by atoms with E-state index in [0.717, 1.165) is 13.2 Å². The van der Waals surface area contributed by atoms with Gasteiger partial charge >= 0.3 is 0 Å². The van der Waals surface area contributed by atoms with Crippen molar-refractivity contribution in [3.8, 4) is 11.1 Å². The highest BCUT2D eigenvalue weighted by atomic mass is 16.5. The van der Waals surface area contributed by atoms with Gasteiger partial charge in [0.25, 0.3) is 0 Å². The number of morpholine rings is 1. The number of hydrogen-bond acceptors (Lipinski definition) is 2. The summed E-state index contributed by atoms with van der Waals surface area (Å²) in [6.45, 7) is 3.19. The van der Waals surface area contributed by atoms with Crippen LogP contribution in [0, 0.1) is 0 Å². The molecule has 1 unspecified atom stereocenters. The summed E-state index contributed by atoms with van der Waals surface area (Å²) in [5.41, 5.74) is 3.86. The topological polar surface area (TPSA) is 12.5 Å². The Hall–Kier alpha value is -1.64. The molecule has 0 radical (unpaired) electrons. The molecule has 0 aromatic heterocycles. The lowest BCUT2D eigenvalue weighted by Gasteiger charge is -2.42. The quantitative estimate of drug-likeness (QED) is 0.819. The first-order chi connectivity index (χ1) is 10.9. The van der Waals surface area contributed by atoms with Crippen LogP contribution in [0.3, 0.4) is 0 Å². The molecule has 0 spiro atoms. The van der Waals surface area contributed by atoms with Crippen LogP contribution in [0.4, 0.5) is 0 Å². The van der Waals surface area contributed by atoms with Crippen LogP contribution in [0.5, 0.6) is 0 Å². The van der Waals surface area contributed by atoms with Gasteiger partial charge in [-0.2, -0.15) is 0 Å². The van der Waals surface area contributed by atoms with Crippen LogP contribution in [-0.4, -0.2) is 30.6 Å². The summed E-state index contributed by atoms with van der Waals surface area (Å²) in [4.78, 5) is 2.63. The molecule has 0 saturated carbocycles. The number of hydrogen-bond donors (Lipinski definition) is 0. The van der Waals surface area contributed by atoms with E-state index in [4.69, 9.17) is 4.74 Å². The summed E-state index contributed by atoms with van der Waals surface area (Å²) in [5, 5.41) is 0. The molecular weight excluding hydrogens is 270 g/mol. The molecule has 0 amide bonds. The van der Waals surface area contributed by atoms with Crippen molar-refractivity contribution in [2.75, 3.05) is 19.7 Å². The first kappa shape index (κ1) is 14.0. The minimum absolute atomic E-state index is 0.235. The van der Waals surface area contributed by atoms with Crippen molar-refractivity contribution in [1.29, 1.82) is 0 Å². The van der Waals surface area contributed by atoms with Gasteiger partial charge < -0.3 is 4.74 Å². The molecule has 0 N–H and O–H groups in total. The normalized spacial score (nSPS) is 25.6. The van der Waals surface area contributed by atoms with Crippen LogP contribution in [0.1, 0.15) is 30.9 Å². The van der Waals surface area contributed by atoms with Crippen LogP contribution >= 0.6 is 0 Å². The second-order valence-corrected chi connectivity index (χ2v) is 6.45. The highest BCUT2D eigenvalue weighted by Crippen LogP contribution is 2.30. The molecule has 0 aliphatic carbocycles. The molecule has 114 valence electrons. The zero-order valence-corrected chi connectivity index (χ0v) is 12.9. The fraction of sp³-hybridized carbons (Fsp3) is 0.400. The molecule has 2 fully saturated rings. The highest BCUT2D eigenvalue weighted by Gasteiger charge is 2.31. The van der Waals surface area contributed by atoms with Gasteiger partial charge in [-0.3, -0.25) is 4.90 Å². The van der Waals surface area contributed by atoms with E-state index in [2.05, 4.69) is 59.5 Å². The Morgan fingerprint density at radius 3 is 2.45 bits per heavy atom. The molecule has 2 heterocycles. The molecular formula is C20H23NO. The van der Waals surface area contributed by atoms with Gasteiger partial charge in [0.05, 0.1) is 12.7 Å². The lowest BCUT2D eigenvalue weighted by Crippen LogP contribution is -2.48. The maximum Gasteiger partial charge on any atom is 0.0952 e. The Balaban J connectivity index is 1.49. The first-order valence-corrected chi connectivity index (χ1v) is 8.41. The first-order valence-electron chi connectivity index (χ1n) is 8.41. The third-order valence-electron chi connectivity index (χ3n) is 5.03. The number of nitrogens with zero attached hydrogens (tertiary/aromatic N) is 1. The summed E-state index contributed by atoms with van der Waals surface area (Å²) in [6, 6.07) is 20.1. The molecule has 2 heteroatoms. The van der Waals surface area contributed by atoms with Gasteiger partial charge in [-0.1, -0.05) is 61.0 Å². The van der Waals surface area contributed by atoms with Gasteiger partial charge in [0.1, 0.15) is 0 Å². The molecule has 2 aromatic carbocycles. The van der Waals surface area contributed by atoms with Crippen LogP contribution in [0.15, 0.2) is 54.6 Å². The van der Waals surface area contributed by atoms with E-state index in [0.29, 0.717) is 6.04 Å². The number of ether oxygens (including phenoxy) is 1. The largest absolute Gasteiger partial charge is 0.371 e. The van der Waals surface area contributed by atoms with Crippen molar-refractivity contribution in [1.82, 2.24) is 4.90 Å². The Kier molecular flexibility index (Phi) is 3.96. The van der Waals surface area contributed by atoms with Crippen LogP contribution in [-0.2, 0) is 4.74 Å². The molecule has 2 aromatic rings. The lowest BCUT2D eigenvalue weighted by molar-refractivity contribution is -0.0766. The fourth-order valence-corrected chi connectivity index (χ4v) is 3.70. The van der Waals surface area contributed by atoms with Crippen molar-refractivity contribution in [3.05, 3.63) is 60.2 Å². The monoisotopic (exact) mass is 293 g/mol. The Morgan fingerprint density at radius 1 is 0.864 bits per heavy atom. The van der Waals surface area contributed by atoms with E-state index < -0.39 is 0 Å². The summed E-state index contributed by atoms with van der Waals surface area (Å²) in [5.74, 6) is 0. The smallest absolute Gasteiger partial charge is 0.0952 e. The van der Waals surface area contributed by atoms with Gasteiger partial charge in [0.2, 0.25) is 0 Å². The summed E-state index contributed by atoms with van der Waals surface area (Å²) in [6.07, 6.45) is 4.25. The number of fused-ring (bicyclic) bond motifs is 1. The zero-order chi connectivity index (χ0) is 14.8. The molecule has 0 bridgehead atoms. The van der Waals surface area contributed by atoms with Crippen molar-refractivity contribution in [2.45, 2.75) is 31.4 Å². The number of rotatable bonds is 2. The Labute approximate surface area is 132 Å². The molecule has 2 saturated heterocycles. The fourth-order valence-electron chi connectivity index (χ4n) is 3.70. The van der Waals surface area contributed by atoms with Crippen molar-refractivity contribution in [2.24, 2.45) is 0 Å². The molecule has 2 nitrogen and oxygen atoms in total. The Bertz CT molecular complexity index is 607. The third-order valence-corrected chi connectivity index (χ3v) is 5.03. The van der Waals surface area contributed by atoms with Crippen molar-refractivity contribution >= 4 is 0 Å². The average molecular weight is 293 g/mol. The van der Waals surface area contributed by atoms with Crippen molar-refractivity contribution in [3.63, 3.8) is 0 Å². The van der Waals surface area contributed by atoms with Gasteiger partial charge in [-0.05, 0) is 36.1 Å². The minimum Gasteiger partial charge on any atom is -0.371 e. The van der Waals surface area contributed by atoms with E-state index in [-0.39, 0.29) is 6.10 Å². The summed E-state index contributed by atoms with van der Waals surface area (Å²) < 4.78 is 6.14. The summed E-state index contributed by atoms with van der Waals surface area (Å²) >= 11 is 0. The van der Waals surface area contributed by atoms with E-state index in [1.807, 2.05) is 0 Å². The van der Waals surface area contributed by atoms with E-state index in [1.165, 1.54) is 42.5 Å². The minimum atomic E-state index is 0.235. The standard InChI is InChI=1S/C20H23NO/c1-2-6-16(7-3-1)17-9-11-18(12-10-17)20-14-21-13-5-4-8-19(21)15-22-20/h1-3,6-7,9-12,19-20H,4-5,8,13-15H2/t19?,20-/m1/s1. The van der Waals surface area contributed by atoms with Crippen LogP contribution < -0.4 is 0 Å². The second-order valence-electron chi connectivity index (χ2n) is 6.45. The molecule has 4 rings (SSSR count). The third kappa shape index (κ3) is 2.81. The van der Waals surface area contributed by atoms with Crippen LogP contribution in [0.2, 0.25) is 0 Å². The van der Waals surface area contributed by atoms with E-state index in [1.54, 1.807) is 0 Å². The average Bonchev–Trinajstić information content (AvgIpc) is 2.62. The molecule has 22 heavy (non-hydrogen) atoms. The highest BCUT2D eigenvalue weighted by molar-refractivity contribution is 5.63. The number of benzene rings is 2. The van der Waals surface area contributed by atoms with Crippen LogP contribution in [0.25, 0.3) is 11.1 Å². The van der Waals surface area contributed by atoms with Gasteiger partial charge in [-0.15, -0.1) is 0 Å². The maximum atomic E-state index is 6.14. The molecule has 2 aliphatic heterocycles. The van der Waals surface area contributed by atoms with E-state index >= 15 is 0 Å². The van der Waals surface area contributed by atoms with Gasteiger partial charge in [0, 0.05) is 12.6 Å². The predicted molar refractivity (Wildman–Crippen MR) is 89.8 cm³/mol. The van der Waals surface area contributed by atoms with Crippen molar-refractivity contribution < 1.29 is 4.74 Å². The van der Waals surface area contributed by atoms with Gasteiger partial charge in [-0.25, -0.2) is 0 Å².